The third-order valence-electron chi connectivity index (χ3n) is 4.91. The van der Waals surface area contributed by atoms with Crippen molar-refractivity contribution in [3.05, 3.63) is 41.4 Å². The summed E-state index contributed by atoms with van der Waals surface area (Å²) in [5.74, 6) is -0.398. The van der Waals surface area contributed by atoms with Crippen molar-refractivity contribution in [1.29, 1.82) is 0 Å². The predicted molar refractivity (Wildman–Crippen MR) is 111 cm³/mol. The molecule has 1 fully saturated rings. The van der Waals surface area contributed by atoms with Crippen molar-refractivity contribution < 1.29 is 24.2 Å². The normalized spacial score (nSPS) is 18.9. The number of carbonyl (C=O) groups excluding carboxylic acids is 1. The summed E-state index contributed by atoms with van der Waals surface area (Å²) in [6, 6.07) is 9.36. The number of rotatable bonds is 8. The molecule has 8 heteroatoms. The molecule has 29 heavy (non-hydrogen) atoms. The minimum Gasteiger partial charge on any atom is -0.480 e. The van der Waals surface area contributed by atoms with E-state index in [-0.39, 0.29) is 12.5 Å². The van der Waals surface area contributed by atoms with Crippen LogP contribution in [0.1, 0.15) is 30.6 Å². The first-order chi connectivity index (χ1) is 14.0. The van der Waals surface area contributed by atoms with Crippen LogP contribution in [0.4, 0.5) is 15.6 Å². The van der Waals surface area contributed by atoms with Crippen LogP contribution in [0.15, 0.2) is 36.5 Å². The summed E-state index contributed by atoms with van der Waals surface area (Å²) in [6.07, 6.45) is 5.20. The van der Waals surface area contributed by atoms with Gasteiger partial charge in [-0.15, -0.1) is 11.3 Å². The number of aromatic nitrogens is 1. The van der Waals surface area contributed by atoms with Gasteiger partial charge >= 0.3 is 12.1 Å². The number of nitrogens with zero attached hydrogens (tertiary/aromatic N) is 2. The predicted octanol–water partition coefficient (Wildman–Crippen LogP) is 4.63. The highest BCUT2D eigenvalue weighted by atomic mass is 32.1. The summed E-state index contributed by atoms with van der Waals surface area (Å²) in [4.78, 5) is 30.4. The maximum atomic E-state index is 12.9. The van der Waals surface area contributed by atoms with Gasteiger partial charge in [-0.05, 0) is 50.2 Å². The Bertz CT molecular complexity index is 810. The van der Waals surface area contributed by atoms with Gasteiger partial charge < -0.3 is 14.6 Å². The molecule has 1 N–H and O–H groups in total. The number of amides is 1. The Morgan fingerprint density at radius 1 is 1.21 bits per heavy atom. The van der Waals surface area contributed by atoms with Crippen LogP contribution in [-0.2, 0) is 14.3 Å². The molecular formula is C21H26N2O5S. The Balaban J connectivity index is 1.58. The van der Waals surface area contributed by atoms with Crippen molar-refractivity contribution in [3.63, 3.8) is 0 Å². The number of carbonyl (C=O) groups is 2. The molecule has 0 spiro atoms. The molecule has 7 nitrogen and oxygen atoms in total. The Morgan fingerprint density at radius 2 is 1.93 bits per heavy atom. The van der Waals surface area contributed by atoms with Crippen molar-refractivity contribution in [2.24, 2.45) is 11.8 Å². The van der Waals surface area contributed by atoms with Gasteiger partial charge in [-0.1, -0.05) is 24.6 Å². The topological polar surface area (TPSA) is 89.0 Å². The van der Waals surface area contributed by atoms with E-state index in [1.54, 1.807) is 6.20 Å². The van der Waals surface area contributed by atoms with E-state index in [4.69, 9.17) is 14.6 Å². The van der Waals surface area contributed by atoms with Crippen molar-refractivity contribution in [3.8, 4) is 0 Å². The van der Waals surface area contributed by atoms with E-state index in [1.807, 2.05) is 37.3 Å². The smallest absolute Gasteiger partial charge is 0.420 e. The molecule has 156 valence electrons. The van der Waals surface area contributed by atoms with Crippen LogP contribution in [0, 0.1) is 18.8 Å². The number of thiazole rings is 1. The molecule has 0 radical (unpaired) electrons. The van der Waals surface area contributed by atoms with Gasteiger partial charge in [0, 0.05) is 11.1 Å². The molecule has 1 aliphatic rings. The van der Waals surface area contributed by atoms with Crippen LogP contribution in [0.3, 0.4) is 0 Å². The molecule has 1 aromatic heterocycles. The molecule has 3 rings (SSSR count). The van der Waals surface area contributed by atoms with Gasteiger partial charge in [0.1, 0.15) is 6.61 Å². The fourth-order valence-electron chi connectivity index (χ4n) is 3.59. The molecule has 0 bridgehead atoms. The van der Waals surface area contributed by atoms with Crippen LogP contribution in [0.2, 0.25) is 0 Å². The number of para-hydroxylation sites is 1. The lowest BCUT2D eigenvalue weighted by atomic mass is 9.82. The number of carboxylic acids is 1. The number of hydrogen-bond acceptors (Lipinski definition) is 6. The van der Waals surface area contributed by atoms with E-state index < -0.39 is 12.1 Å². The van der Waals surface area contributed by atoms with Gasteiger partial charge in [0.15, 0.2) is 5.13 Å². The molecule has 1 amide bonds. The highest BCUT2D eigenvalue weighted by Crippen LogP contribution is 2.32. The molecule has 0 aliphatic heterocycles. The van der Waals surface area contributed by atoms with Gasteiger partial charge in [-0.25, -0.2) is 19.5 Å². The first-order valence-electron chi connectivity index (χ1n) is 9.77. The van der Waals surface area contributed by atoms with Crippen molar-refractivity contribution >= 4 is 34.2 Å². The molecule has 1 saturated carbocycles. The SMILES string of the molecule is Cc1cnc(N(C(=O)OCC2CCCC(COCC(=O)O)C2)c2ccccc2)s1. The molecule has 1 heterocycles. The van der Waals surface area contributed by atoms with E-state index in [1.165, 1.54) is 16.2 Å². The average Bonchev–Trinajstić information content (AvgIpc) is 3.13. The summed E-state index contributed by atoms with van der Waals surface area (Å²) in [6.45, 7) is 2.45. The number of aliphatic carboxylic acids is 1. The zero-order valence-corrected chi connectivity index (χ0v) is 17.3. The first kappa shape index (κ1) is 21.3. The Morgan fingerprint density at radius 3 is 2.59 bits per heavy atom. The Labute approximate surface area is 174 Å². The molecule has 2 atom stereocenters. The second kappa shape index (κ2) is 10.4. The fraction of sp³-hybridized carbons (Fsp3) is 0.476. The van der Waals surface area contributed by atoms with E-state index >= 15 is 0 Å². The summed E-state index contributed by atoms with van der Waals surface area (Å²) in [5, 5.41) is 9.28. The van der Waals surface area contributed by atoms with Crippen molar-refractivity contribution in [2.45, 2.75) is 32.6 Å². The van der Waals surface area contributed by atoms with Gasteiger partial charge in [0.2, 0.25) is 0 Å². The summed E-state index contributed by atoms with van der Waals surface area (Å²) in [5.41, 5.74) is 0.718. The van der Waals surface area contributed by atoms with E-state index in [9.17, 15) is 9.59 Å². The minimum atomic E-state index is -0.954. The third-order valence-corrected chi connectivity index (χ3v) is 5.81. The van der Waals surface area contributed by atoms with Crippen molar-refractivity contribution in [1.82, 2.24) is 4.98 Å². The molecule has 0 saturated heterocycles. The second-order valence-electron chi connectivity index (χ2n) is 7.31. The van der Waals surface area contributed by atoms with E-state index in [0.29, 0.717) is 24.3 Å². The van der Waals surface area contributed by atoms with E-state index in [0.717, 1.165) is 36.2 Å². The summed E-state index contributed by atoms with van der Waals surface area (Å²) < 4.78 is 10.9. The molecule has 1 aliphatic carbocycles. The monoisotopic (exact) mass is 418 g/mol. The zero-order chi connectivity index (χ0) is 20.6. The van der Waals surface area contributed by atoms with Crippen LogP contribution < -0.4 is 4.90 Å². The number of carboxylic acid groups (broad SMARTS) is 1. The number of aryl methyl sites for hydroxylation is 1. The molecule has 2 unspecified atom stereocenters. The lowest BCUT2D eigenvalue weighted by Gasteiger charge is -2.29. The van der Waals surface area contributed by atoms with Crippen LogP contribution in [0.5, 0.6) is 0 Å². The second-order valence-corrected chi connectivity index (χ2v) is 8.52. The number of hydrogen-bond donors (Lipinski definition) is 1. The highest BCUT2D eigenvalue weighted by molar-refractivity contribution is 7.15. The summed E-state index contributed by atoms with van der Waals surface area (Å²) in [7, 11) is 0. The number of benzene rings is 1. The lowest BCUT2D eigenvalue weighted by Crippen LogP contribution is -2.30. The van der Waals surface area contributed by atoms with Crippen LogP contribution in [0.25, 0.3) is 0 Å². The summed E-state index contributed by atoms with van der Waals surface area (Å²) >= 11 is 1.44. The largest absolute Gasteiger partial charge is 0.480 e. The fourth-order valence-corrected chi connectivity index (χ4v) is 4.36. The molecule has 2 aromatic rings. The number of ether oxygens (including phenoxy) is 2. The Hall–Kier alpha value is -2.45. The van der Waals surface area contributed by atoms with Gasteiger partial charge in [0.05, 0.1) is 18.9 Å². The minimum absolute atomic E-state index is 0.252. The average molecular weight is 419 g/mol. The maximum absolute atomic E-state index is 12.9. The quantitative estimate of drug-likeness (QED) is 0.672. The van der Waals surface area contributed by atoms with Gasteiger partial charge in [0.25, 0.3) is 0 Å². The lowest BCUT2D eigenvalue weighted by molar-refractivity contribution is -0.142. The molecule has 1 aromatic carbocycles. The van der Waals surface area contributed by atoms with Crippen molar-refractivity contribution in [2.75, 3.05) is 24.7 Å². The van der Waals surface area contributed by atoms with Gasteiger partial charge in [-0.3, -0.25) is 0 Å². The maximum Gasteiger partial charge on any atom is 0.420 e. The Kier molecular flexibility index (Phi) is 7.60. The highest BCUT2D eigenvalue weighted by Gasteiger charge is 2.26. The van der Waals surface area contributed by atoms with E-state index in [2.05, 4.69) is 4.98 Å². The molecular weight excluding hydrogens is 392 g/mol. The van der Waals surface area contributed by atoms with Gasteiger partial charge in [-0.2, -0.15) is 0 Å². The number of anilines is 2. The van der Waals surface area contributed by atoms with Crippen LogP contribution >= 0.6 is 11.3 Å². The zero-order valence-electron chi connectivity index (χ0n) is 16.5. The standard InChI is InChI=1S/C21H26N2O5S/c1-15-11-22-20(29-15)23(18-8-3-2-4-9-18)21(26)28-13-17-7-5-6-16(10-17)12-27-14-19(24)25/h2-4,8-9,11,16-17H,5-7,10,12-14H2,1H3,(H,24,25). The third kappa shape index (κ3) is 6.27. The van der Waals surface area contributed by atoms with Crippen LogP contribution in [-0.4, -0.2) is 42.0 Å². The first-order valence-corrected chi connectivity index (χ1v) is 10.6.